The maximum absolute atomic E-state index is 13.1. The van der Waals surface area contributed by atoms with E-state index in [4.69, 9.17) is 4.74 Å². The molecule has 0 amide bonds. The highest BCUT2D eigenvalue weighted by Crippen LogP contribution is 2.29. The molecule has 0 aromatic heterocycles. The SMILES string of the molecule is CC(C)C(C)(C)CNCC1Cc2cc(F)ccc2O1. The van der Waals surface area contributed by atoms with Crippen LogP contribution in [0.4, 0.5) is 4.39 Å². The summed E-state index contributed by atoms with van der Waals surface area (Å²) in [6, 6.07) is 4.76. The first kappa shape index (κ1) is 14.3. The average molecular weight is 265 g/mol. The number of hydrogen-bond donors (Lipinski definition) is 1. The molecule has 2 nitrogen and oxygen atoms in total. The molecule has 106 valence electrons. The van der Waals surface area contributed by atoms with Crippen molar-refractivity contribution in [2.75, 3.05) is 13.1 Å². The lowest BCUT2D eigenvalue weighted by atomic mass is 9.81. The lowest BCUT2D eigenvalue weighted by molar-refractivity contribution is 0.197. The van der Waals surface area contributed by atoms with Crippen LogP contribution in [-0.4, -0.2) is 19.2 Å². The number of hydrogen-bond acceptors (Lipinski definition) is 2. The molecule has 1 aromatic carbocycles. The molecule has 0 bridgehead atoms. The third kappa shape index (κ3) is 3.47. The molecule has 0 fully saturated rings. The predicted molar refractivity (Wildman–Crippen MR) is 76.0 cm³/mol. The molecule has 2 rings (SSSR count). The summed E-state index contributed by atoms with van der Waals surface area (Å²) in [6.07, 6.45) is 0.919. The van der Waals surface area contributed by atoms with Crippen molar-refractivity contribution in [3.63, 3.8) is 0 Å². The second kappa shape index (κ2) is 5.49. The minimum Gasteiger partial charge on any atom is -0.488 e. The summed E-state index contributed by atoms with van der Waals surface area (Å²) in [5.74, 6) is 1.28. The topological polar surface area (TPSA) is 21.3 Å². The zero-order chi connectivity index (χ0) is 14.0. The summed E-state index contributed by atoms with van der Waals surface area (Å²) < 4.78 is 18.9. The summed E-state index contributed by atoms with van der Waals surface area (Å²) in [4.78, 5) is 0. The van der Waals surface area contributed by atoms with E-state index in [-0.39, 0.29) is 17.3 Å². The highest BCUT2D eigenvalue weighted by Gasteiger charge is 2.25. The number of rotatable bonds is 5. The third-order valence-corrected chi connectivity index (χ3v) is 4.28. The van der Waals surface area contributed by atoms with E-state index in [1.807, 2.05) is 0 Å². The molecule has 1 atom stereocenters. The van der Waals surface area contributed by atoms with E-state index in [0.717, 1.165) is 30.8 Å². The molecular formula is C16H24FNO. The van der Waals surface area contributed by atoms with Crippen molar-refractivity contribution in [2.24, 2.45) is 11.3 Å². The van der Waals surface area contributed by atoms with Crippen molar-refractivity contribution in [3.8, 4) is 5.75 Å². The Kier molecular flexibility index (Phi) is 4.14. The van der Waals surface area contributed by atoms with Crippen molar-refractivity contribution in [3.05, 3.63) is 29.6 Å². The molecule has 1 N–H and O–H groups in total. The van der Waals surface area contributed by atoms with Crippen LogP contribution < -0.4 is 10.1 Å². The molecule has 3 heteroatoms. The fourth-order valence-electron chi connectivity index (χ4n) is 2.16. The molecule has 0 saturated carbocycles. The summed E-state index contributed by atoms with van der Waals surface area (Å²) in [5.41, 5.74) is 1.26. The molecule has 0 spiro atoms. The molecule has 19 heavy (non-hydrogen) atoms. The van der Waals surface area contributed by atoms with Gasteiger partial charge in [-0.15, -0.1) is 0 Å². The molecule has 1 aliphatic heterocycles. The minimum absolute atomic E-state index is 0.125. The highest BCUT2D eigenvalue weighted by molar-refractivity contribution is 5.37. The molecule has 1 aliphatic rings. The maximum atomic E-state index is 13.1. The van der Waals surface area contributed by atoms with E-state index in [2.05, 4.69) is 33.0 Å². The van der Waals surface area contributed by atoms with Gasteiger partial charge < -0.3 is 10.1 Å². The van der Waals surface area contributed by atoms with Gasteiger partial charge in [-0.3, -0.25) is 0 Å². The second-order valence-corrected chi connectivity index (χ2v) is 6.47. The lowest BCUT2D eigenvalue weighted by Gasteiger charge is -2.30. The second-order valence-electron chi connectivity index (χ2n) is 6.47. The molecule has 0 saturated heterocycles. The van der Waals surface area contributed by atoms with Crippen LogP contribution in [0.1, 0.15) is 33.3 Å². The van der Waals surface area contributed by atoms with Crippen molar-refractivity contribution < 1.29 is 9.13 Å². The zero-order valence-corrected chi connectivity index (χ0v) is 12.3. The van der Waals surface area contributed by atoms with Crippen LogP contribution in [0.25, 0.3) is 0 Å². The van der Waals surface area contributed by atoms with Crippen LogP contribution in [0, 0.1) is 17.2 Å². The largest absolute Gasteiger partial charge is 0.488 e. The smallest absolute Gasteiger partial charge is 0.123 e. The van der Waals surface area contributed by atoms with Gasteiger partial charge in [0.1, 0.15) is 17.7 Å². The van der Waals surface area contributed by atoms with E-state index >= 15 is 0 Å². The summed E-state index contributed by atoms with van der Waals surface area (Å²) in [5, 5.41) is 3.48. The first-order valence-electron chi connectivity index (χ1n) is 7.04. The Hall–Kier alpha value is -1.09. The lowest BCUT2D eigenvalue weighted by Crippen LogP contribution is -2.38. The van der Waals surface area contributed by atoms with Gasteiger partial charge >= 0.3 is 0 Å². The Labute approximate surface area is 115 Å². The minimum atomic E-state index is -0.183. The number of halogens is 1. The van der Waals surface area contributed by atoms with Crippen molar-refractivity contribution in [2.45, 2.75) is 40.2 Å². The third-order valence-electron chi connectivity index (χ3n) is 4.28. The van der Waals surface area contributed by atoms with E-state index in [1.165, 1.54) is 6.07 Å². The van der Waals surface area contributed by atoms with Gasteiger partial charge in [-0.25, -0.2) is 4.39 Å². The quantitative estimate of drug-likeness (QED) is 0.881. The molecule has 1 unspecified atom stereocenters. The van der Waals surface area contributed by atoms with Gasteiger partial charge in [0, 0.05) is 25.1 Å². The van der Waals surface area contributed by atoms with Gasteiger partial charge in [0.05, 0.1) is 0 Å². The Bertz CT molecular complexity index is 442. The van der Waals surface area contributed by atoms with Crippen LogP contribution >= 0.6 is 0 Å². The van der Waals surface area contributed by atoms with Crippen LogP contribution in [0.3, 0.4) is 0 Å². The summed E-state index contributed by atoms with van der Waals surface area (Å²) in [7, 11) is 0. The molecule has 1 aromatic rings. The fraction of sp³-hybridized carbons (Fsp3) is 0.625. The normalized spacial score (nSPS) is 18.5. The first-order chi connectivity index (χ1) is 8.88. The van der Waals surface area contributed by atoms with E-state index in [1.54, 1.807) is 12.1 Å². The van der Waals surface area contributed by atoms with Crippen molar-refractivity contribution in [1.82, 2.24) is 5.32 Å². The fourth-order valence-corrected chi connectivity index (χ4v) is 2.16. The average Bonchev–Trinajstić information content (AvgIpc) is 2.70. The first-order valence-corrected chi connectivity index (χ1v) is 7.04. The van der Waals surface area contributed by atoms with Gasteiger partial charge in [0.15, 0.2) is 0 Å². The number of fused-ring (bicyclic) bond motifs is 1. The van der Waals surface area contributed by atoms with Gasteiger partial charge in [-0.05, 0) is 29.5 Å². The van der Waals surface area contributed by atoms with E-state index in [9.17, 15) is 4.39 Å². The summed E-state index contributed by atoms with van der Waals surface area (Å²) >= 11 is 0. The van der Waals surface area contributed by atoms with Crippen LogP contribution in [0.2, 0.25) is 0 Å². The Morgan fingerprint density at radius 1 is 1.42 bits per heavy atom. The Balaban J connectivity index is 1.81. The maximum Gasteiger partial charge on any atom is 0.123 e. The molecule has 0 radical (unpaired) electrons. The van der Waals surface area contributed by atoms with Gasteiger partial charge in [0.25, 0.3) is 0 Å². The van der Waals surface area contributed by atoms with Crippen LogP contribution in [-0.2, 0) is 6.42 Å². The van der Waals surface area contributed by atoms with Gasteiger partial charge in [-0.1, -0.05) is 27.7 Å². The number of benzene rings is 1. The molecular weight excluding hydrogens is 241 g/mol. The number of ether oxygens (including phenoxy) is 1. The number of nitrogens with one attached hydrogen (secondary N) is 1. The monoisotopic (exact) mass is 265 g/mol. The molecule has 1 heterocycles. The van der Waals surface area contributed by atoms with E-state index in [0.29, 0.717) is 5.92 Å². The Morgan fingerprint density at radius 2 is 2.16 bits per heavy atom. The van der Waals surface area contributed by atoms with Crippen LogP contribution in [0.15, 0.2) is 18.2 Å². The van der Waals surface area contributed by atoms with Crippen molar-refractivity contribution in [1.29, 1.82) is 0 Å². The highest BCUT2D eigenvalue weighted by atomic mass is 19.1. The van der Waals surface area contributed by atoms with Crippen LogP contribution in [0.5, 0.6) is 5.75 Å². The van der Waals surface area contributed by atoms with Gasteiger partial charge in [-0.2, -0.15) is 0 Å². The molecule has 0 aliphatic carbocycles. The van der Waals surface area contributed by atoms with Gasteiger partial charge in [0.2, 0.25) is 0 Å². The van der Waals surface area contributed by atoms with Crippen molar-refractivity contribution >= 4 is 0 Å². The zero-order valence-electron chi connectivity index (χ0n) is 12.3. The van der Waals surface area contributed by atoms with E-state index < -0.39 is 0 Å². The standard InChI is InChI=1S/C16H24FNO/c1-11(2)16(3,4)10-18-9-14-8-12-7-13(17)5-6-15(12)19-14/h5-7,11,14,18H,8-10H2,1-4H3. The summed E-state index contributed by atoms with van der Waals surface area (Å²) in [6.45, 7) is 10.8. The Morgan fingerprint density at radius 3 is 2.84 bits per heavy atom. The predicted octanol–water partition coefficient (Wildman–Crippen LogP) is 3.40.